The van der Waals surface area contributed by atoms with Crippen LogP contribution < -0.4 is 5.48 Å². The molecule has 0 aliphatic rings. The highest BCUT2D eigenvalue weighted by Gasteiger charge is 1.71. The molecule has 0 atom stereocenters. The fourth-order valence-corrected chi connectivity index (χ4v) is 0.315. The molecule has 42 valence electrons. The third-order valence-corrected chi connectivity index (χ3v) is 0.659. The summed E-state index contributed by atoms with van der Waals surface area (Å²) in [6.07, 6.45) is 4.84. The molecule has 0 saturated heterocycles. The number of hydroxylamine groups is 1. The summed E-state index contributed by atoms with van der Waals surface area (Å²) < 4.78 is 0. The first kappa shape index (κ1) is 6.66. The van der Waals surface area contributed by atoms with Gasteiger partial charge in [-0.25, -0.2) is 5.48 Å². The zero-order valence-corrected chi connectivity index (χ0v) is 4.52. The Morgan fingerprint density at radius 3 is 2.86 bits per heavy atom. The maximum Gasteiger partial charge on any atom is 0.0242 e. The molecule has 0 aliphatic heterocycles. The van der Waals surface area contributed by atoms with Gasteiger partial charge in [0.1, 0.15) is 0 Å². The molecule has 0 fully saturated rings. The number of hydrogen-bond donors (Lipinski definition) is 2. The van der Waals surface area contributed by atoms with E-state index in [-0.39, 0.29) is 0 Å². The zero-order chi connectivity index (χ0) is 5.54. The van der Waals surface area contributed by atoms with Gasteiger partial charge in [-0.2, -0.15) is 0 Å². The summed E-state index contributed by atoms with van der Waals surface area (Å²) in [5.41, 5.74) is 2.05. The summed E-state index contributed by atoms with van der Waals surface area (Å²) >= 11 is 0. The van der Waals surface area contributed by atoms with Crippen LogP contribution in [0.25, 0.3) is 0 Å². The second kappa shape index (κ2) is 5.66. The van der Waals surface area contributed by atoms with Crippen molar-refractivity contribution in [3.05, 3.63) is 12.2 Å². The molecule has 2 N–H and O–H groups in total. The number of allylic oxidation sites excluding steroid dienone is 1. The summed E-state index contributed by atoms with van der Waals surface area (Å²) in [4.78, 5) is 0. The molecule has 0 saturated carbocycles. The molecule has 0 amide bonds. The Morgan fingerprint density at radius 2 is 2.43 bits per heavy atom. The van der Waals surface area contributed by atoms with Crippen LogP contribution in [0.3, 0.4) is 0 Å². The van der Waals surface area contributed by atoms with Crippen molar-refractivity contribution in [1.82, 2.24) is 5.48 Å². The summed E-state index contributed by atoms with van der Waals surface area (Å²) in [6, 6.07) is 0. The van der Waals surface area contributed by atoms with Crippen LogP contribution in [0.15, 0.2) is 12.2 Å². The summed E-state index contributed by atoms with van der Waals surface area (Å²) in [5.74, 6) is 0. The van der Waals surface area contributed by atoms with E-state index in [4.69, 9.17) is 5.21 Å². The van der Waals surface area contributed by atoms with Crippen molar-refractivity contribution in [2.24, 2.45) is 0 Å². The van der Waals surface area contributed by atoms with Crippen LogP contribution in [0, 0.1) is 0 Å². The first-order chi connectivity index (χ1) is 3.41. The van der Waals surface area contributed by atoms with Crippen LogP contribution in [0.1, 0.15) is 13.3 Å². The molecule has 0 radical (unpaired) electrons. The Kier molecular flexibility index (Phi) is 5.39. The predicted octanol–water partition coefficient (Wildman–Crippen LogP) is 0.931. The van der Waals surface area contributed by atoms with Crippen LogP contribution in [0.2, 0.25) is 0 Å². The van der Waals surface area contributed by atoms with Gasteiger partial charge in [-0.3, -0.25) is 0 Å². The van der Waals surface area contributed by atoms with E-state index >= 15 is 0 Å². The fraction of sp³-hybridized carbons (Fsp3) is 0.600. The molecule has 0 unspecified atom stereocenters. The van der Waals surface area contributed by atoms with E-state index in [2.05, 4.69) is 5.48 Å². The maximum absolute atomic E-state index is 8.01. The van der Waals surface area contributed by atoms with E-state index < -0.39 is 0 Å². The van der Waals surface area contributed by atoms with Crippen molar-refractivity contribution in [1.29, 1.82) is 0 Å². The highest BCUT2D eigenvalue weighted by atomic mass is 16.5. The number of rotatable bonds is 3. The van der Waals surface area contributed by atoms with E-state index in [0.29, 0.717) is 6.54 Å². The summed E-state index contributed by atoms with van der Waals surface area (Å²) in [5, 5.41) is 8.01. The predicted molar refractivity (Wildman–Crippen MR) is 29.2 cm³/mol. The average Bonchev–Trinajstić information content (AvgIpc) is 1.69. The van der Waals surface area contributed by atoms with Crippen molar-refractivity contribution in [2.45, 2.75) is 13.3 Å². The molecular weight excluding hydrogens is 90.1 g/mol. The SMILES string of the molecule is C/C=C/CCNO. The number of nitrogens with one attached hydrogen (secondary N) is 1. The zero-order valence-electron chi connectivity index (χ0n) is 4.52. The molecular formula is C5H11NO. The van der Waals surface area contributed by atoms with Gasteiger partial charge >= 0.3 is 0 Å². The van der Waals surface area contributed by atoms with Gasteiger partial charge in [0.15, 0.2) is 0 Å². The fourth-order valence-electron chi connectivity index (χ4n) is 0.315. The van der Waals surface area contributed by atoms with Crippen LogP contribution in [0.5, 0.6) is 0 Å². The van der Waals surface area contributed by atoms with Gasteiger partial charge < -0.3 is 5.21 Å². The van der Waals surface area contributed by atoms with Crippen LogP contribution >= 0.6 is 0 Å². The molecule has 2 heteroatoms. The molecule has 0 aromatic rings. The van der Waals surface area contributed by atoms with Crippen LogP contribution in [-0.2, 0) is 0 Å². The van der Waals surface area contributed by atoms with E-state index in [1.165, 1.54) is 0 Å². The molecule has 0 aliphatic carbocycles. The molecule has 0 aromatic carbocycles. The van der Waals surface area contributed by atoms with E-state index in [0.717, 1.165) is 6.42 Å². The second-order valence-corrected chi connectivity index (χ2v) is 1.27. The largest absolute Gasteiger partial charge is 0.317 e. The van der Waals surface area contributed by atoms with Crippen LogP contribution in [-0.4, -0.2) is 11.8 Å². The molecule has 0 aromatic heterocycles. The van der Waals surface area contributed by atoms with Gasteiger partial charge in [0, 0.05) is 6.54 Å². The molecule has 2 nitrogen and oxygen atoms in total. The van der Waals surface area contributed by atoms with Gasteiger partial charge in [-0.1, -0.05) is 12.2 Å². The van der Waals surface area contributed by atoms with Gasteiger partial charge in [0.25, 0.3) is 0 Å². The van der Waals surface area contributed by atoms with Crippen molar-refractivity contribution < 1.29 is 5.21 Å². The maximum atomic E-state index is 8.01. The normalized spacial score (nSPS) is 10.6. The lowest BCUT2D eigenvalue weighted by Gasteiger charge is -1.86. The molecule has 0 bridgehead atoms. The second-order valence-electron chi connectivity index (χ2n) is 1.27. The topological polar surface area (TPSA) is 32.3 Å². The first-order valence-corrected chi connectivity index (χ1v) is 2.40. The minimum Gasteiger partial charge on any atom is -0.317 e. The molecule has 0 heterocycles. The van der Waals surface area contributed by atoms with E-state index in [9.17, 15) is 0 Å². The summed E-state index contributed by atoms with van der Waals surface area (Å²) in [6.45, 7) is 2.60. The molecule has 0 rings (SSSR count). The summed E-state index contributed by atoms with van der Waals surface area (Å²) in [7, 11) is 0. The minimum atomic E-state index is 0.643. The van der Waals surface area contributed by atoms with Gasteiger partial charge in [0.2, 0.25) is 0 Å². The standard InChI is InChI=1S/C5H11NO/c1-2-3-4-5-6-7/h2-3,6-7H,4-5H2,1H3/b3-2+. The lowest BCUT2D eigenvalue weighted by atomic mass is 10.4. The Labute approximate surface area is 43.8 Å². The van der Waals surface area contributed by atoms with Gasteiger partial charge in [-0.15, -0.1) is 0 Å². The molecule has 7 heavy (non-hydrogen) atoms. The number of hydrogen-bond acceptors (Lipinski definition) is 2. The van der Waals surface area contributed by atoms with Crippen LogP contribution in [0.4, 0.5) is 0 Å². The quantitative estimate of drug-likeness (QED) is 0.315. The smallest absolute Gasteiger partial charge is 0.0242 e. The Balaban J connectivity index is 2.69. The van der Waals surface area contributed by atoms with Gasteiger partial charge in [-0.05, 0) is 13.3 Å². The highest BCUT2D eigenvalue weighted by Crippen LogP contribution is 1.76. The van der Waals surface area contributed by atoms with Crippen molar-refractivity contribution >= 4 is 0 Å². The minimum absolute atomic E-state index is 0.643. The first-order valence-electron chi connectivity index (χ1n) is 2.40. The van der Waals surface area contributed by atoms with Crippen molar-refractivity contribution in [3.63, 3.8) is 0 Å². The van der Waals surface area contributed by atoms with Crippen molar-refractivity contribution in [2.75, 3.05) is 6.54 Å². The molecule has 0 spiro atoms. The third-order valence-electron chi connectivity index (χ3n) is 0.659. The highest BCUT2D eigenvalue weighted by molar-refractivity contribution is 4.76. The van der Waals surface area contributed by atoms with Crippen molar-refractivity contribution in [3.8, 4) is 0 Å². The Morgan fingerprint density at radius 1 is 1.71 bits per heavy atom. The van der Waals surface area contributed by atoms with E-state index in [1.54, 1.807) is 0 Å². The lowest BCUT2D eigenvalue weighted by Crippen LogP contribution is -2.06. The average molecular weight is 101 g/mol. The monoisotopic (exact) mass is 101 g/mol. The Bertz CT molecular complexity index is 52.0. The third kappa shape index (κ3) is 5.66. The Hall–Kier alpha value is -0.340. The van der Waals surface area contributed by atoms with Gasteiger partial charge in [0.05, 0.1) is 0 Å². The van der Waals surface area contributed by atoms with E-state index in [1.807, 2.05) is 19.1 Å². The lowest BCUT2D eigenvalue weighted by molar-refractivity contribution is 0.169.